The first-order valence-corrected chi connectivity index (χ1v) is 10.5. The maximum absolute atomic E-state index is 13.5. The van der Waals surface area contributed by atoms with Gasteiger partial charge in [0.25, 0.3) is 0 Å². The first-order chi connectivity index (χ1) is 14.9. The molecule has 2 aromatic rings. The summed E-state index contributed by atoms with van der Waals surface area (Å²) in [5, 5.41) is 3.84. The summed E-state index contributed by atoms with van der Waals surface area (Å²) in [5.74, 6) is -0.187. The van der Waals surface area contributed by atoms with Crippen LogP contribution in [0.25, 0.3) is 0 Å². The lowest BCUT2D eigenvalue weighted by Crippen LogP contribution is -2.36. The number of Topliss-reactive ketones (excluding diaryl/α,β-unsaturated/α-hetero) is 1. The Bertz CT molecular complexity index is 1100. The van der Waals surface area contributed by atoms with Gasteiger partial charge in [0.15, 0.2) is 5.78 Å². The summed E-state index contributed by atoms with van der Waals surface area (Å²) < 4.78 is 10.3. The van der Waals surface area contributed by atoms with Crippen LogP contribution in [0.4, 0.5) is 0 Å². The van der Waals surface area contributed by atoms with Crippen LogP contribution in [-0.4, -0.2) is 26.0 Å². The number of halogens is 1. The van der Waals surface area contributed by atoms with Gasteiger partial charge in [-0.05, 0) is 48.6 Å². The highest BCUT2D eigenvalue weighted by Crippen LogP contribution is 2.47. The summed E-state index contributed by atoms with van der Waals surface area (Å²) in [7, 11) is 2.98. The Kier molecular flexibility index (Phi) is 5.88. The molecule has 4 rings (SSSR count). The number of methoxy groups -OCH3 is 2. The van der Waals surface area contributed by atoms with Gasteiger partial charge >= 0.3 is 5.97 Å². The van der Waals surface area contributed by atoms with Crippen LogP contribution in [0.1, 0.15) is 42.7 Å². The number of carbonyl (C=O) groups is 2. The average Bonchev–Trinajstić information content (AvgIpc) is 2.78. The molecule has 0 spiro atoms. The molecule has 6 heteroatoms. The van der Waals surface area contributed by atoms with Crippen molar-refractivity contribution in [1.29, 1.82) is 0 Å². The number of dihydropyridines is 1. The van der Waals surface area contributed by atoms with E-state index in [9.17, 15) is 9.59 Å². The molecule has 0 saturated carbocycles. The molecule has 2 aromatic carbocycles. The van der Waals surface area contributed by atoms with Crippen LogP contribution in [0.5, 0.6) is 5.75 Å². The van der Waals surface area contributed by atoms with E-state index < -0.39 is 11.9 Å². The van der Waals surface area contributed by atoms with Crippen LogP contribution < -0.4 is 10.1 Å². The van der Waals surface area contributed by atoms with Crippen molar-refractivity contribution in [3.8, 4) is 5.75 Å². The van der Waals surface area contributed by atoms with Crippen molar-refractivity contribution >= 4 is 23.4 Å². The molecule has 31 heavy (non-hydrogen) atoms. The predicted octanol–water partition coefficient (Wildman–Crippen LogP) is 4.88. The molecule has 2 aliphatic rings. The number of rotatable bonds is 4. The maximum atomic E-state index is 13.5. The topological polar surface area (TPSA) is 64.6 Å². The summed E-state index contributed by atoms with van der Waals surface area (Å²) in [6.45, 7) is 1.83. The predicted molar refractivity (Wildman–Crippen MR) is 119 cm³/mol. The number of benzene rings is 2. The Hall–Kier alpha value is -3.05. The molecule has 0 unspecified atom stereocenters. The lowest BCUT2D eigenvalue weighted by molar-refractivity contribution is -0.136. The third-order valence-electron chi connectivity index (χ3n) is 6.04. The van der Waals surface area contributed by atoms with Gasteiger partial charge in [0.05, 0.1) is 19.8 Å². The van der Waals surface area contributed by atoms with Gasteiger partial charge in [-0.25, -0.2) is 4.79 Å². The second-order valence-corrected chi connectivity index (χ2v) is 8.21. The fourth-order valence-corrected chi connectivity index (χ4v) is 4.80. The van der Waals surface area contributed by atoms with Crippen molar-refractivity contribution in [3.05, 3.63) is 87.2 Å². The van der Waals surface area contributed by atoms with Crippen LogP contribution in [0.3, 0.4) is 0 Å². The lowest BCUT2D eigenvalue weighted by Gasteiger charge is -2.36. The van der Waals surface area contributed by atoms with Gasteiger partial charge in [-0.15, -0.1) is 0 Å². The molecule has 1 N–H and O–H groups in total. The highest BCUT2D eigenvalue weighted by Gasteiger charge is 2.41. The number of ketones is 1. The van der Waals surface area contributed by atoms with Crippen LogP contribution in [0.2, 0.25) is 5.02 Å². The Labute approximate surface area is 186 Å². The third-order valence-corrected chi connectivity index (χ3v) is 6.38. The van der Waals surface area contributed by atoms with Gasteiger partial charge in [-0.3, -0.25) is 4.79 Å². The molecule has 0 amide bonds. The van der Waals surface area contributed by atoms with Crippen molar-refractivity contribution in [3.63, 3.8) is 0 Å². The Morgan fingerprint density at radius 3 is 2.42 bits per heavy atom. The minimum absolute atomic E-state index is 0.00777. The van der Waals surface area contributed by atoms with Crippen molar-refractivity contribution in [2.75, 3.05) is 14.2 Å². The molecule has 5 nitrogen and oxygen atoms in total. The molecular formula is C25H24ClNO4. The summed E-state index contributed by atoms with van der Waals surface area (Å²) in [6, 6.07) is 15.1. The van der Waals surface area contributed by atoms with Crippen LogP contribution in [-0.2, 0) is 14.3 Å². The van der Waals surface area contributed by atoms with Gasteiger partial charge in [-0.1, -0.05) is 41.9 Å². The Balaban J connectivity index is 1.79. The van der Waals surface area contributed by atoms with Crippen molar-refractivity contribution in [2.24, 2.45) is 0 Å². The molecule has 2 atom stereocenters. The lowest BCUT2D eigenvalue weighted by atomic mass is 9.71. The highest BCUT2D eigenvalue weighted by molar-refractivity contribution is 6.31. The van der Waals surface area contributed by atoms with E-state index in [-0.39, 0.29) is 11.7 Å². The van der Waals surface area contributed by atoms with Crippen molar-refractivity contribution in [1.82, 2.24) is 5.32 Å². The summed E-state index contributed by atoms with van der Waals surface area (Å²) in [5.41, 5.74) is 4.35. The molecule has 1 heterocycles. The van der Waals surface area contributed by atoms with Gasteiger partial charge < -0.3 is 14.8 Å². The number of carbonyl (C=O) groups excluding carboxylic acids is 2. The van der Waals surface area contributed by atoms with Gasteiger partial charge in [0.2, 0.25) is 0 Å². The normalized spacial score (nSPS) is 20.8. The molecule has 0 fully saturated rings. The van der Waals surface area contributed by atoms with E-state index in [1.54, 1.807) is 13.2 Å². The minimum Gasteiger partial charge on any atom is -0.497 e. The number of nitrogens with one attached hydrogen (secondary N) is 1. The Morgan fingerprint density at radius 2 is 1.77 bits per heavy atom. The molecule has 0 aromatic heterocycles. The van der Waals surface area contributed by atoms with E-state index >= 15 is 0 Å². The van der Waals surface area contributed by atoms with E-state index in [0.29, 0.717) is 34.7 Å². The maximum Gasteiger partial charge on any atom is 0.336 e. The average molecular weight is 438 g/mol. The van der Waals surface area contributed by atoms with E-state index in [2.05, 4.69) is 5.32 Å². The van der Waals surface area contributed by atoms with Crippen LogP contribution in [0, 0.1) is 0 Å². The van der Waals surface area contributed by atoms with E-state index in [1.165, 1.54) is 7.11 Å². The standard InChI is InChI=1S/C25H24ClNO4/c1-14-22(25(29)31-3)23(18-6-4-5-7-19(18)26)24-20(27-14)12-16(13-21(24)28)15-8-10-17(30-2)11-9-15/h4-11,16,23,27H,12-13H2,1-3H3/t16-,23+/m0/s1. The molecule has 0 saturated heterocycles. The Morgan fingerprint density at radius 1 is 1.06 bits per heavy atom. The molecule has 0 bridgehead atoms. The van der Waals surface area contributed by atoms with Crippen molar-refractivity contribution in [2.45, 2.75) is 31.6 Å². The van der Waals surface area contributed by atoms with E-state index in [1.807, 2.05) is 49.4 Å². The molecule has 160 valence electrons. The first kappa shape index (κ1) is 21.2. The van der Waals surface area contributed by atoms with Gasteiger partial charge in [-0.2, -0.15) is 0 Å². The number of hydrogen-bond acceptors (Lipinski definition) is 5. The monoisotopic (exact) mass is 437 g/mol. The highest BCUT2D eigenvalue weighted by atomic mass is 35.5. The summed E-state index contributed by atoms with van der Waals surface area (Å²) in [6.07, 6.45) is 1.03. The third kappa shape index (κ3) is 3.86. The number of hydrogen-bond donors (Lipinski definition) is 1. The van der Waals surface area contributed by atoms with E-state index in [0.717, 1.165) is 22.6 Å². The molecule has 1 aliphatic carbocycles. The zero-order valence-electron chi connectivity index (χ0n) is 17.7. The van der Waals surface area contributed by atoms with Crippen LogP contribution in [0.15, 0.2) is 71.1 Å². The van der Waals surface area contributed by atoms with Crippen molar-refractivity contribution < 1.29 is 19.1 Å². The smallest absolute Gasteiger partial charge is 0.336 e. The fraction of sp³-hybridized carbons (Fsp3) is 0.280. The summed E-state index contributed by atoms with van der Waals surface area (Å²) in [4.78, 5) is 26.1. The summed E-state index contributed by atoms with van der Waals surface area (Å²) >= 11 is 6.51. The SMILES string of the molecule is COC(=O)C1=C(C)NC2=C(C(=O)C[C@@H](c3ccc(OC)cc3)C2)[C@@H]1c1ccccc1Cl. The van der Waals surface area contributed by atoms with E-state index in [4.69, 9.17) is 21.1 Å². The fourth-order valence-electron chi connectivity index (χ4n) is 4.55. The van der Waals surface area contributed by atoms with Gasteiger partial charge in [0.1, 0.15) is 5.75 Å². The van der Waals surface area contributed by atoms with Crippen LogP contribution >= 0.6 is 11.6 Å². The molecule has 1 aliphatic heterocycles. The first-order valence-electron chi connectivity index (χ1n) is 10.1. The number of ether oxygens (including phenoxy) is 2. The van der Waals surface area contributed by atoms with Gasteiger partial charge in [0, 0.05) is 34.3 Å². The quantitative estimate of drug-likeness (QED) is 0.690. The number of allylic oxidation sites excluding steroid dienone is 3. The zero-order chi connectivity index (χ0) is 22.1. The second-order valence-electron chi connectivity index (χ2n) is 7.80. The second kappa shape index (κ2) is 8.60. The number of esters is 1. The molecule has 0 radical (unpaired) electrons. The minimum atomic E-state index is -0.554. The zero-order valence-corrected chi connectivity index (χ0v) is 18.5. The molecular weight excluding hydrogens is 414 g/mol. The largest absolute Gasteiger partial charge is 0.497 e.